The summed E-state index contributed by atoms with van der Waals surface area (Å²) in [4.78, 5) is 2.28. The third kappa shape index (κ3) is 1.86. The van der Waals surface area contributed by atoms with E-state index in [0.29, 0.717) is 0 Å². The Morgan fingerprint density at radius 1 is 1.62 bits per heavy atom. The molecular formula is C9H18N2O2. The van der Waals surface area contributed by atoms with Crippen molar-refractivity contribution in [1.29, 1.82) is 0 Å². The van der Waals surface area contributed by atoms with Gasteiger partial charge >= 0.3 is 0 Å². The molecule has 0 amide bonds. The lowest BCUT2D eigenvalue weighted by molar-refractivity contribution is -0.00945. The van der Waals surface area contributed by atoms with Crippen molar-refractivity contribution in [3.63, 3.8) is 0 Å². The van der Waals surface area contributed by atoms with E-state index in [4.69, 9.17) is 9.84 Å². The van der Waals surface area contributed by atoms with Crippen LogP contribution in [0, 0.1) is 0 Å². The molecule has 1 spiro atoms. The Hall–Kier alpha value is -0.160. The Balaban J connectivity index is 1.95. The van der Waals surface area contributed by atoms with E-state index in [2.05, 4.69) is 17.3 Å². The fourth-order valence-corrected chi connectivity index (χ4v) is 2.45. The highest BCUT2D eigenvalue weighted by atomic mass is 16.5. The lowest BCUT2D eigenvalue weighted by Crippen LogP contribution is -2.68. The number of hydrogen-bond acceptors (Lipinski definition) is 4. The number of aliphatic hydroxyl groups is 1. The molecular weight excluding hydrogens is 168 g/mol. The molecule has 0 aliphatic carbocycles. The monoisotopic (exact) mass is 186 g/mol. The fraction of sp³-hybridized carbons (Fsp3) is 1.00. The predicted molar refractivity (Wildman–Crippen MR) is 49.7 cm³/mol. The zero-order valence-electron chi connectivity index (χ0n) is 8.12. The highest BCUT2D eigenvalue weighted by Crippen LogP contribution is 2.26. The lowest BCUT2D eigenvalue weighted by Gasteiger charge is -2.49. The van der Waals surface area contributed by atoms with Crippen molar-refractivity contribution in [2.24, 2.45) is 0 Å². The minimum Gasteiger partial charge on any atom is -0.394 e. The lowest BCUT2D eigenvalue weighted by atomic mass is 9.85. The Morgan fingerprint density at radius 3 is 3.00 bits per heavy atom. The molecule has 4 heteroatoms. The first-order valence-electron chi connectivity index (χ1n) is 4.90. The van der Waals surface area contributed by atoms with Crippen molar-refractivity contribution in [3.8, 4) is 0 Å². The minimum absolute atomic E-state index is 0.0312. The molecule has 0 aromatic heterocycles. The van der Waals surface area contributed by atoms with E-state index in [0.717, 1.165) is 32.7 Å². The van der Waals surface area contributed by atoms with Gasteiger partial charge in [0.15, 0.2) is 0 Å². The number of aliphatic hydroxyl groups excluding tert-OH is 1. The van der Waals surface area contributed by atoms with Crippen LogP contribution in [0.5, 0.6) is 0 Å². The second-order valence-corrected chi connectivity index (χ2v) is 4.26. The van der Waals surface area contributed by atoms with Crippen molar-refractivity contribution in [1.82, 2.24) is 10.2 Å². The highest BCUT2D eigenvalue weighted by Gasteiger charge is 2.43. The average Bonchev–Trinajstić information content (AvgIpc) is 2.26. The molecule has 2 aliphatic heterocycles. The van der Waals surface area contributed by atoms with Gasteiger partial charge in [-0.3, -0.25) is 0 Å². The summed E-state index contributed by atoms with van der Waals surface area (Å²) in [5.74, 6) is 0. The zero-order chi connectivity index (χ0) is 9.31. The summed E-state index contributed by atoms with van der Waals surface area (Å²) in [6, 6.07) is 0. The maximum absolute atomic E-state index is 9.07. The average molecular weight is 186 g/mol. The van der Waals surface area contributed by atoms with E-state index < -0.39 is 0 Å². The van der Waals surface area contributed by atoms with Crippen LogP contribution in [-0.4, -0.2) is 61.5 Å². The van der Waals surface area contributed by atoms with Gasteiger partial charge < -0.3 is 20.1 Å². The quantitative estimate of drug-likeness (QED) is 0.554. The molecule has 2 rings (SSSR count). The summed E-state index contributed by atoms with van der Waals surface area (Å²) in [5.41, 5.74) is 0.221. The van der Waals surface area contributed by atoms with Gasteiger partial charge in [0.05, 0.1) is 19.3 Å². The van der Waals surface area contributed by atoms with Gasteiger partial charge in [-0.1, -0.05) is 0 Å². The van der Waals surface area contributed by atoms with Gasteiger partial charge in [-0.15, -0.1) is 0 Å². The molecule has 13 heavy (non-hydrogen) atoms. The van der Waals surface area contributed by atoms with Gasteiger partial charge in [0.2, 0.25) is 0 Å². The Bertz CT molecular complexity index is 180. The van der Waals surface area contributed by atoms with Gasteiger partial charge in [-0.2, -0.15) is 0 Å². The molecule has 2 aliphatic rings. The van der Waals surface area contributed by atoms with Crippen LogP contribution in [0.4, 0.5) is 0 Å². The van der Waals surface area contributed by atoms with Gasteiger partial charge in [0.1, 0.15) is 0 Å². The normalized spacial score (nSPS) is 34.2. The van der Waals surface area contributed by atoms with Crippen LogP contribution in [0.1, 0.15) is 6.42 Å². The number of likely N-dealkylation sites (tertiary alicyclic amines) is 1. The van der Waals surface area contributed by atoms with E-state index in [9.17, 15) is 0 Å². The van der Waals surface area contributed by atoms with Crippen molar-refractivity contribution in [2.45, 2.75) is 18.1 Å². The number of nitrogens with one attached hydrogen (secondary N) is 1. The summed E-state index contributed by atoms with van der Waals surface area (Å²) in [5, 5.41) is 12.6. The maximum atomic E-state index is 9.07. The van der Waals surface area contributed by atoms with Gasteiger partial charge in [0.25, 0.3) is 0 Å². The Labute approximate surface area is 78.9 Å². The minimum atomic E-state index is 0.0312. The van der Waals surface area contributed by atoms with Crippen molar-refractivity contribution in [3.05, 3.63) is 0 Å². The summed E-state index contributed by atoms with van der Waals surface area (Å²) in [6.07, 6.45) is 0.970. The largest absolute Gasteiger partial charge is 0.394 e. The molecule has 2 fully saturated rings. The predicted octanol–water partition coefficient (Wildman–Crippen LogP) is -0.959. The van der Waals surface area contributed by atoms with Gasteiger partial charge in [-0.25, -0.2) is 0 Å². The molecule has 1 unspecified atom stereocenters. The molecule has 76 valence electrons. The van der Waals surface area contributed by atoms with E-state index >= 15 is 0 Å². The first kappa shape index (κ1) is 9.40. The van der Waals surface area contributed by atoms with E-state index in [1.165, 1.54) is 0 Å². The summed E-state index contributed by atoms with van der Waals surface area (Å²) in [6.45, 7) is 3.92. The number of nitrogens with zero attached hydrogens (tertiary/aromatic N) is 1. The van der Waals surface area contributed by atoms with Gasteiger partial charge in [0, 0.05) is 25.2 Å². The molecule has 1 atom stereocenters. The maximum Gasteiger partial charge on any atom is 0.0824 e. The number of rotatable bonds is 1. The fourth-order valence-electron chi connectivity index (χ4n) is 2.45. The molecule has 0 aromatic rings. The first-order valence-corrected chi connectivity index (χ1v) is 4.90. The topological polar surface area (TPSA) is 44.7 Å². The van der Waals surface area contributed by atoms with Crippen molar-refractivity contribution >= 4 is 0 Å². The van der Waals surface area contributed by atoms with Crippen LogP contribution in [0.15, 0.2) is 0 Å². The van der Waals surface area contributed by atoms with Crippen LogP contribution in [0.3, 0.4) is 0 Å². The molecule has 2 N–H and O–H groups in total. The Morgan fingerprint density at radius 2 is 2.38 bits per heavy atom. The molecule has 0 radical (unpaired) electrons. The molecule has 4 nitrogen and oxygen atoms in total. The van der Waals surface area contributed by atoms with E-state index in [1.807, 2.05) is 0 Å². The zero-order valence-corrected chi connectivity index (χ0v) is 8.12. The Kier molecular flexibility index (Phi) is 2.55. The van der Waals surface area contributed by atoms with Crippen LogP contribution in [0.2, 0.25) is 0 Å². The third-order valence-electron chi connectivity index (χ3n) is 2.92. The number of hydrogen-bond donors (Lipinski definition) is 2. The smallest absolute Gasteiger partial charge is 0.0824 e. The van der Waals surface area contributed by atoms with Crippen LogP contribution in [-0.2, 0) is 4.74 Å². The molecule has 2 saturated heterocycles. The van der Waals surface area contributed by atoms with Crippen molar-refractivity contribution < 1.29 is 9.84 Å². The highest BCUT2D eigenvalue weighted by molar-refractivity contribution is 5.03. The summed E-state index contributed by atoms with van der Waals surface area (Å²) < 4.78 is 5.49. The summed E-state index contributed by atoms with van der Waals surface area (Å²) >= 11 is 0. The molecule has 2 heterocycles. The molecule has 0 saturated carbocycles. The van der Waals surface area contributed by atoms with Crippen LogP contribution >= 0.6 is 0 Å². The second-order valence-electron chi connectivity index (χ2n) is 4.26. The third-order valence-corrected chi connectivity index (χ3v) is 2.92. The van der Waals surface area contributed by atoms with Gasteiger partial charge in [-0.05, 0) is 13.5 Å². The summed E-state index contributed by atoms with van der Waals surface area (Å²) in [7, 11) is 2.12. The van der Waals surface area contributed by atoms with Crippen LogP contribution in [0.25, 0.3) is 0 Å². The number of likely N-dealkylation sites (N-methyl/N-ethyl adjacent to an activating group) is 1. The first-order chi connectivity index (χ1) is 6.24. The van der Waals surface area contributed by atoms with Crippen LogP contribution < -0.4 is 5.32 Å². The number of ether oxygens (including phenoxy) is 1. The standard InChI is InChI=1S/C9H18N2O2/c1-11-6-9(7-11)4-8(5-12)13-3-2-10-9/h8,10,12H,2-7H2,1H3. The van der Waals surface area contributed by atoms with E-state index in [-0.39, 0.29) is 18.2 Å². The second kappa shape index (κ2) is 3.53. The van der Waals surface area contributed by atoms with E-state index in [1.54, 1.807) is 0 Å². The van der Waals surface area contributed by atoms with Crippen molar-refractivity contribution in [2.75, 3.05) is 39.9 Å². The molecule has 0 bridgehead atoms. The molecule has 0 aromatic carbocycles. The SMILES string of the molecule is CN1CC2(CC(CO)OCCN2)C1.